The molecule has 0 unspecified atom stereocenters. The SMILES string of the molecule is Cc1[nH]ccc1C(=O)N1C[C@@H](Cc2cnccn2)[C@H](O)C1. The lowest BCUT2D eigenvalue weighted by molar-refractivity contribution is 0.0764. The number of nitrogens with one attached hydrogen (secondary N) is 1. The number of aliphatic hydroxyl groups excluding tert-OH is 1. The molecule has 2 N–H and O–H groups in total. The summed E-state index contributed by atoms with van der Waals surface area (Å²) in [6.45, 7) is 2.78. The van der Waals surface area contributed by atoms with Crippen LogP contribution in [0.25, 0.3) is 0 Å². The van der Waals surface area contributed by atoms with Gasteiger partial charge in [0.15, 0.2) is 0 Å². The van der Waals surface area contributed by atoms with Gasteiger partial charge < -0.3 is 15.0 Å². The summed E-state index contributed by atoms with van der Waals surface area (Å²) in [4.78, 5) is 25.4. The van der Waals surface area contributed by atoms with Crippen LogP contribution in [0.4, 0.5) is 0 Å². The van der Waals surface area contributed by atoms with E-state index in [0.29, 0.717) is 25.1 Å². The van der Waals surface area contributed by atoms with E-state index >= 15 is 0 Å². The number of hydrogen-bond acceptors (Lipinski definition) is 4. The normalized spacial score (nSPS) is 21.7. The average molecular weight is 286 g/mol. The minimum absolute atomic E-state index is 0.00454. The molecule has 1 aliphatic rings. The largest absolute Gasteiger partial charge is 0.391 e. The highest BCUT2D eigenvalue weighted by atomic mass is 16.3. The third-order valence-electron chi connectivity index (χ3n) is 3.97. The van der Waals surface area contributed by atoms with Gasteiger partial charge in [-0.1, -0.05) is 0 Å². The first-order valence-corrected chi connectivity index (χ1v) is 7.01. The van der Waals surface area contributed by atoms with Gasteiger partial charge in [0.25, 0.3) is 5.91 Å². The van der Waals surface area contributed by atoms with Gasteiger partial charge in [0.2, 0.25) is 0 Å². The zero-order valence-electron chi connectivity index (χ0n) is 11.9. The Labute approximate surface area is 122 Å². The fourth-order valence-electron chi connectivity index (χ4n) is 2.78. The highest BCUT2D eigenvalue weighted by Crippen LogP contribution is 2.23. The summed E-state index contributed by atoms with van der Waals surface area (Å²) < 4.78 is 0. The van der Waals surface area contributed by atoms with Crippen molar-refractivity contribution in [3.63, 3.8) is 0 Å². The van der Waals surface area contributed by atoms with Crippen LogP contribution in [0.15, 0.2) is 30.9 Å². The fourth-order valence-corrected chi connectivity index (χ4v) is 2.78. The molecular weight excluding hydrogens is 268 g/mol. The van der Waals surface area contributed by atoms with E-state index in [1.165, 1.54) is 0 Å². The van der Waals surface area contributed by atoms with Crippen molar-refractivity contribution in [2.45, 2.75) is 19.4 Å². The number of amides is 1. The molecule has 0 aliphatic carbocycles. The first-order chi connectivity index (χ1) is 10.1. The third kappa shape index (κ3) is 2.80. The topological polar surface area (TPSA) is 82.1 Å². The van der Waals surface area contributed by atoms with Crippen molar-refractivity contribution in [1.82, 2.24) is 19.9 Å². The standard InChI is InChI=1S/C15H18N4O2/c1-10-13(2-3-17-10)15(21)19-8-11(14(20)9-19)6-12-7-16-4-5-18-12/h2-5,7,11,14,17,20H,6,8-9H2,1H3/t11-,14-/m1/s1. The van der Waals surface area contributed by atoms with E-state index in [-0.39, 0.29) is 11.8 Å². The number of aryl methyl sites for hydroxylation is 1. The molecule has 6 heteroatoms. The Kier molecular flexibility index (Phi) is 3.70. The van der Waals surface area contributed by atoms with E-state index in [1.807, 2.05) is 6.92 Å². The molecule has 0 radical (unpaired) electrons. The van der Waals surface area contributed by atoms with Crippen molar-refractivity contribution in [2.24, 2.45) is 5.92 Å². The van der Waals surface area contributed by atoms with Gasteiger partial charge in [-0.05, 0) is 19.4 Å². The molecule has 1 amide bonds. The van der Waals surface area contributed by atoms with Crippen LogP contribution in [-0.2, 0) is 6.42 Å². The molecule has 1 fully saturated rings. The summed E-state index contributed by atoms with van der Waals surface area (Å²) >= 11 is 0. The Morgan fingerprint density at radius 3 is 3.00 bits per heavy atom. The lowest BCUT2D eigenvalue weighted by Gasteiger charge is -2.15. The summed E-state index contributed by atoms with van der Waals surface area (Å²) in [5, 5.41) is 10.2. The van der Waals surface area contributed by atoms with Gasteiger partial charge in [-0.3, -0.25) is 14.8 Å². The second-order valence-electron chi connectivity index (χ2n) is 5.45. The summed E-state index contributed by atoms with van der Waals surface area (Å²) in [5.41, 5.74) is 2.36. The molecule has 0 bridgehead atoms. The maximum absolute atomic E-state index is 12.4. The monoisotopic (exact) mass is 286 g/mol. The molecule has 21 heavy (non-hydrogen) atoms. The molecule has 1 saturated heterocycles. The molecule has 0 aromatic carbocycles. The van der Waals surface area contributed by atoms with Crippen LogP contribution >= 0.6 is 0 Å². The maximum Gasteiger partial charge on any atom is 0.255 e. The van der Waals surface area contributed by atoms with Crippen molar-refractivity contribution in [3.05, 3.63) is 47.8 Å². The van der Waals surface area contributed by atoms with Gasteiger partial charge in [-0.15, -0.1) is 0 Å². The van der Waals surface area contributed by atoms with Gasteiger partial charge in [0.1, 0.15) is 0 Å². The lowest BCUT2D eigenvalue weighted by Crippen LogP contribution is -2.29. The number of aliphatic hydroxyl groups is 1. The predicted molar refractivity (Wildman–Crippen MR) is 76.7 cm³/mol. The van der Waals surface area contributed by atoms with Crippen LogP contribution in [0, 0.1) is 12.8 Å². The molecule has 0 saturated carbocycles. The Bertz CT molecular complexity index is 626. The number of carbonyl (C=O) groups excluding carboxylic acids is 1. The molecule has 2 aromatic rings. The maximum atomic E-state index is 12.4. The van der Waals surface area contributed by atoms with Gasteiger partial charge in [-0.2, -0.15) is 0 Å². The van der Waals surface area contributed by atoms with Crippen molar-refractivity contribution in [2.75, 3.05) is 13.1 Å². The number of β-amino-alcohol motifs (C(OH)–C–C–N with tert-alkyl or cyclic N) is 1. The van der Waals surface area contributed by atoms with Crippen molar-refractivity contribution >= 4 is 5.91 Å². The minimum atomic E-state index is -0.518. The van der Waals surface area contributed by atoms with Gasteiger partial charge >= 0.3 is 0 Å². The van der Waals surface area contributed by atoms with Crippen LogP contribution < -0.4 is 0 Å². The Morgan fingerprint density at radius 2 is 2.33 bits per heavy atom. The molecule has 2 atom stereocenters. The molecule has 1 aliphatic heterocycles. The van der Waals surface area contributed by atoms with E-state index < -0.39 is 6.10 Å². The van der Waals surface area contributed by atoms with Crippen LogP contribution in [0.2, 0.25) is 0 Å². The zero-order valence-corrected chi connectivity index (χ0v) is 11.9. The second-order valence-corrected chi connectivity index (χ2v) is 5.45. The van der Waals surface area contributed by atoms with Crippen LogP contribution in [0.1, 0.15) is 21.7 Å². The summed E-state index contributed by atoms with van der Waals surface area (Å²) in [6, 6.07) is 1.78. The predicted octanol–water partition coefficient (Wildman–Crippen LogP) is 0.789. The molecular formula is C15H18N4O2. The fraction of sp³-hybridized carbons (Fsp3) is 0.400. The van der Waals surface area contributed by atoms with Crippen LogP contribution in [0.5, 0.6) is 0 Å². The number of carbonyl (C=O) groups is 1. The second kappa shape index (κ2) is 5.65. The summed E-state index contributed by atoms with van der Waals surface area (Å²) in [7, 11) is 0. The zero-order chi connectivity index (χ0) is 14.8. The van der Waals surface area contributed by atoms with Crippen molar-refractivity contribution in [3.8, 4) is 0 Å². The highest BCUT2D eigenvalue weighted by Gasteiger charge is 2.35. The first-order valence-electron chi connectivity index (χ1n) is 7.01. The third-order valence-corrected chi connectivity index (χ3v) is 3.97. The smallest absolute Gasteiger partial charge is 0.255 e. The number of nitrogens with zero attached hydrogens (tertiary/aromatic N) is 3. The number of hydrogen-bond donors (Lipinski definition) is 2. The molecule has 110 valence electrons. The Hall–Kier alpha value is -2.21. The molecule has 2 aromatic heterocycles. The minimum Gasteiger partial charge on any atom is -0.391 e. The Balaban J connectivity index is 1.69. The number of aromatic nitrogens is 3. The number of rotatable bonds is 3. The molecule has 6 nitrogen and oxygen atoms in total. The quantitative estimate of drug-likeness (QED) is 0.874. The number of H-pyrrole nitrogens is 1. The summed E-state index contributed by atoms with van der Waals surface area (Å²) in [5.74, 6) is -0.0284. The van der Waals surface area contributed by atoms with E-state index in [0.717, 1.165) is 11.4 Å². The van der Waals surface area contributed by atoms with E-state index in [4.69, 9.17) is 0 Å². The van der Waals surface area contributed by atoms with E-state index in [1.54, 1.807) is 35.8 Å². The first kappa shape index (κ1) is 13.8. The van der Waals surface area contributed by atoms with Crippen molar-refractivity contribution < 1.29 is 9.90 Å². The van der Waals surface area contributed by atoms with E-state index in [9.17, 15) is 9.90 Å². The number of aromatic amines is 1. The van der Waals surface area contributed by atoms with Gasteiger partial charge in [0, 0.05) is 49.5 Å². The molecule has 3 heterocycles. The average Bonchev–Trinajstić information content (AvgIpc) is 3.06. The van der Waals surface area contributed by atoms with Crippen LogP contribution in [0.3, 0.4) is 0 Å². The molecule has 3 rings (SSSR count). The van der Waals surface area contributed by atoms with Crippen molar-refractivity contribution in [1.29, 1.82) is 0 Å². The Morgan fingerprint density at radius 1 is 1.48 bits per heavy atom. The highest BCUT2D eigenvalue weighted by molar-refractivity contribution is 5.95. The van der Waals surface area contributed by atoms with Crippen LogP contribution in [-0.4, -0.2) is 50.1 Å². The van der Waals surface area contributed by atoms with E-state index in [2.05, 4.69) is 15.0 Å². The van der Waals surface area contributed by atoms with Gasteiger partial charge in [0.05, 0.1) is 17.4 Å². The summed E-state index contributed by atoms with van der Waals surface area (Å²) in [6.07, 6.45) is 6.84. The molecule has 0 spiro atoms. The van der Waals surface area contributed by atoms with Gasteiger partial charge in [-0.25, -0.2) is 0 Å². The number of likely N-dealkylation sites (tertiary alicyclic amines) is 1. The lowest BCUT2D eigenvalue weighted by atomic mass is 10.0.